The first-order valence-corrected chi connectivity index (χ1v) is 10.5. The van der Waals surface area contributed by atoms with Crippen LogP contribution in [0.15, 0.2) is 43.1 Å². The molecule has 1 N–H and O–H groups in total. The monoisotopic (exact) mass is 415 g/mol. The van der Waals surface area contributed by atoms with Crippen LogP contribution in [0.4, 0.5) is 5.82 Å². The Kier molecular flexibility index (Phi) is 5.83. The number of benzene rings is 1. The molecule has 0 radical (unpaired) electrons. The van der Waals surface area contributed by atoms with Gasteiger partial charge in [-0.1, -0.05) is 17.0 Å². The number of fused-ring (bicyclic) bond motifs is 1. The number of aromatic nitrogens is 4. The first-order valence-electron chi connectivity index (χ1n) is 10.5. The average Bonchev–Trinajstić information content (AvgIpc) is 3.21. The Labute approximate surface area is 192 Å². The molecule has 0 aliphatic heterocycles. The van der Waals surface area contributed by atoms with Crippen LogP contribution >= 0.6 is 0 Å². The van der Waals surface area contributed by atoms with E-state index in [4.69, 9.17) is 0 Å². The highest BCUT2D eigenvalue weighted by atomic mass is 16.1. The van der Waals surface area contributed by atoms with E-state index in [-0.39, 0.29) is 5.91 Å². The number of imidazole rings is 1. The molecule has 4 aromatic rings. The van der Waals surface area contributed by atoms with Gasteiger partial charge in [0.2, 0.25) is 5.91 Å². The number of nitrogens with zero attached hydrogens (tertiary/aromatic N) is 4. The largest absolute Gasteiger partial charge is 0.332 e. The maximum atomic E-state index is 12.6. The molecular weight excluding hydrogens is 392 g/mol. The molecule has 1 aromatic carbocycles. The Morgan fingerprint density at radius 3 is 2.22 bits per heavy atom. The second-order valence-electron chi connectivity index (χ2n) is 8.24. The van der Waals surface area contributed by atoms with E-state index in [1.807, 2.05) is 29.8 Å². The molecule has 3 heterocycles. The predicted molar refractivity (Wildman–Crippen MR) is 147 cm³/mol. The molecule has 0 atom stereocenters. The minimum absolute atomic E-state index is 0.215. The quantitative estimate of drug-likeness (QED) is 0.268. The Balaban J connectivity index is 1.58. The van der Waals surface area contributed by atoms with E-state index in [9.17, 15) is 4.79 Å². The number of carbonyl (C=O) groups is 1. The lowest BCUT2D eigenvalue weighted by Crippen LogP contribution is -2.55. The topological polar surface area (TPSA) is 72.7 Å². The molecule has 0 unspecified atom stereocenters. The van der Waals surface area contributed by atoms with Gasteiger partial charge in [0, 0.05) is 30.9 Å². The van der Waals surface area contributed by atoms with Crippen LogP contribution in [0.3, 0.4) is 0 Å². The molecule has 152 valence electrons. The SMILES string of the molecule is Bc1c(B)c(B)c(/C=C/C(=O)Nc2cc3cc(-c4cncn4C)ncc3cn2)c(B)c1B. The Hall–Kier alpha value is -3.48. The van der Waals surface area contributed by atoms with E-state index < -0.39 is 0 Å². The van der Waals surface area contributed by atoms with E-state index in [0.717, 1.165) is 27.7 Å². The second kappa shape index (κ2) is 8.57. The van der Waals surface area contributed by atoms with Gasteiger partial charge in [0.25, 0.3) is 0 Å². The van der Waals surface area contributed by atoms with Crippen molar-refractivity contribution in [2.24, 2.45) is 7.05 Å². The van der Waals surface area contributed by atoms with Gasteiger partial charge in [-0.05, 0) is 23.1 Å². The third kappa shape index (κ3) is 4.02. The van der Waals surface area contributed by atoms with Crippen molar-refractivity contribution in [3.8, 4) is 11.4 Å². The third-order valence-corrected chi connectivity index (χ3v) is 6.39. The van der Waals surface area contributed by atoms with Gasteiger partial charge in [0.05, 0.1) is 23.9 Å². The number of aryl methyl sites for hydroxylation is 1. The molecule has 6 nitrogen and oxygen atoms in total. The number of anilines is 1. The highest BCUT2D eigenvalue weighted by molar-refractivity contribution is 6.67. The van der Waals surface area contributed by atoms with Crippen molar-refractivity contribution in [2.75, 3.05) is 5.32 Å². The van der Waals surface area contributed by atoms with E-state index >= 15 is 0 Å². The zero-order valence-corrected chi connectivity index (χ0v) is 19.3. The highest BCUT2D eigenvalue weighted by Crippen LogP contribution is 2.22. The van der Waals surface area contributed by atoms with Crippen molar-refractivity contribution in [1.82, 2.24) is 19.5 Å². The summed E-state index contributed by atoms with van der Waals surface area (Å²) in [5, 5.41) is 4.72. The molecule has 0 saturated heterocycles. The van der Waals surface area contributed by atoms with Crippen LogP contribution in [0.2, 0.25) is 0 Å². The minimum Gasteiger partial charge on any atom is -0.332 e. The van der Waals surface area contributed by atoms with Gasteiger partial charge in [-0.15, -0.1) is 16.4 Å². The number of amides is 1. The van der Waals surface area contributed by atoms with Crippen LogP contribution < -0.4 is 32.6 Å². The summed E-state index contributed by atoms with van der Waals surface area (Å²) in [5.74, 6) is 0.284. The van der Waals surface area contributed by atoms with Crippen molar-refractivity contribution in [3.63, 3.8) is 0 Å². The average molecular weight is 415 g/mol. The first-order chi connectivity index (χ1) is 15.3. The molecule has 11 heteroatoms. The van der Waals surface area contributed by atoms with E-state index in [0.29, 0.717) is 5.82 Å². The molecule has 0 saturated carbocycles. The van der Waals surface area contributed by atoms with Gasteiger partial charge in [0.1, 0.15) is 45.0 Å². The summed E-state index contributed by atoms with van der Waals surface area (Å²) in [7, 11) is 12.5. The Morgan fingerprint density at radius 1 is 0.906 bits per heavy atom. The normalized spacial score (nSPS) is 11.3. The molecule has 1 amide bonds. The molecular formula is C21H22B5N5O. The van der Waals surface area contributed by atoms with Gasteiger partial charge >= 0.3 is 0 Å². The van der Waals surface area contributed by atoms with Crippen molar-refractivity contribution >= 4 is 95.1 Å². The van der Waals surface area contributed by atoms with Crippen LogP contribution in [-0.2, 0) is 11.8 Å². The van der Waals surface area contributed by atoms with Crippen molar-refractivity contribution in [3.05, 3.63) is 48.7 Å². The maximum absolute atomic E-state index is 12.6. The van der Waals surface area contributed by atoms with E-state index in [2.05, 4.69) is 59.5 Å². The fourth-order valence-electron chi connectivity index (χ4n) is 3.96. The maximum Gasteiger partial charge on any atom is 0.249 e. The summed E-state index contributed by atoms with van der Waals surface area (Å²) in [5.41, 5.74) is 9.08. The number of rotatable bonds is 4. The van der Waals surface area contributed by atoms with Gasteiger partial charge < -0.3 is 9.88 Å². The van der Waals surface area contributed by atoms with Crippen LogP contribution in [0.1, 0.15) is 5.56 Å². The van der Waals surface area contributed by atoms with Crippen molar-refractivity contribution in [1.29, 1.82) is 0 Å². The summed E-state index contributed by atoms with van der Waals surface area (Å²) in [6, 6.07) is 3.84. The van der Waals surface area contributed by atoms with Crippen LogP contribution in [0.25, 0.3) is 28.2 Å². The summed E-state index contributed by atoms with van der Waals surface area (Å²) >= 11 is 0. The number of hydrogen-bond donors (Lipinski definition) is 1. The van der Waals surface area contributed by atoms with Crippen LogP contribution in [0, 0.1) is 0 Å². The Morgan fingerprint density at radius 2 is 1.56 bits per heavy atom. The number of pyridine rings is 2. The number of nitrogens with one attached hydrogen (secondary N) is 1. The van der Waals surface area contributed by atoms with Crippen molar-refractivity contribution < 1.29 is 4.79 Å². The summed E-state index contributed by atoms with van der Waals surface area (Å²) in [6.45, 7) is 0. The van der Waals surface area contributed by atoms with Crippen molar-refractivity contribution in [2.45, 2.75) is 0 Å². The molecule has 0 spiro atoms. The fourth-order valence-corrected chi connectivity index (χ4v) is 3.96. The summed E-state index contributed by atoms with van der Waals surface area (Å²) in [4.78, 5) is 25.6. The first kappa shape index (κ1) is 21.7. The summed E-state index contributed by atoms with van der Waals surface area (Å²) < 4.78 is 1.92. The molecule has 0 fully saturated rings. The lowest BCUT2D eigenvalue weighted by molar-refractivity contribution is -0.111. The van der Waals surface area contributed by atoms with Gasteiger partial charge in [-0.3, -0.25) is 9.78 Å². The smallest absolute Gasteiger partial charge is 0.249 e. The molecule has 0 aliphatic carbocycles. The molecule has 4 rings (SSSR count). The lowest BCUT2D eigenvalue weighted by atomic mass is 9.60. The Bertz CT molecular complexity index is 1370. The molecule has 32 heavy (non-hydrogen) atoms. The van der Waals surface area contributed by atoms with E-state index in [1.165, 1.54) is 27.3 Å². The second-order valence-corrected chi connectivity index (χ2v) is 8.24. The summed E-state index contributed by atoms with van der Waals surface area (Å²) in [6.07, 6.45) is 10.5. The minimum atomic E-state index is -0.215. The number of hydrogen-bond acceptors (Lipinski definition) is 4. The van der Waals surface area contributed by atoms with Gasteiger partial charge in [-0.2, -0.15) is 0 Å². The highest BCUT2D eigenvalue weighted by Gasteiger charge is 2.10. The fraction of sp³-hybridized carbons (Fsp3) is 0.0476. The van der Waals surface area contributed by atoms with E-state index in [1.54, 1.807) is 31.0 Å². The molecule has 0 bridgehead atoms. The zero-order valence-electron chi connectivity index (χ0n) is 19.3. The van der Waals surface area contributed by atoms with Gasteiger partial charge in [0.15, 0.2) is 0 Å². The molecule has 0 aliphatic rings. The number of carbonyl (C=O) groups excluding carboxylic acids is 1. The predicted octanol–water partition coefficient (Wildman–Crippen LogP) is -5.03. The van der Waals surface area contributed by atoms with Crippen LogP contribution in [0.5, 0.6) is 0 Å². The van der Waals surface area contributed by atoms with Gasteiger partial charge in [-0.25, -0.2) is 9.97 Å². The zero-order chi connectivity index (χ0) is 23.0. The third-order valence-electron chi connectivity index (χ3n) is 6.39. The lowest BCUT2D eigenvalue weighted by Gasteiger charge is -2.17. The standard InChI is InChI=1S/C21H22B5N5O/c1-31-9-27-8-14(31)13-4-10-5-15(29-7-11(10)6-28-13)30-16(32)3-2-12-17(22)19(24)21(26)20(25)18(12)23/h2-9H,22-26H2,1H3,(H,29,30,32)/b3-2+. The molecule has 3 aromatic heterocycles. The van der Waals surface area contributed by atoms with Crippen LogP contribution in [-0.4, -0.2) is 64.7 Å².